The molecule has 0 aromatic carbocycles. The molecule has 0 fully saturated rings. The van der Waals surface area contributed by atoms with E-state index in [1.54, 1.807) is 0 Å². The van der Waals surface area contributed by atoms with Gasteiger partial charge in [-0.25, -0.2) is 4.20 Å². The highest BCUT2D eigenvalue weighted by Gasteiger charge is 2.03. The average Bonchev–Trinajstić information content (AvgIpc) is 1.65. The highest BCUT2D eigenvalue weighted by molar-refractivity contribution is 7.32. The Morgan fingerprint density at radius 3 is 2.00 bits per heavy atom. The van der Waals surface area contributed by atoms with Gasteiger partial charge in [-0.1, -0.05) is 19.7 Å². The molecule has 0 nitrogen and oxygen atoms in total. The summed E-state index contributed by atoms with van der Waals surface area (Å²) in [6.07, 6.45) is 0. The summed E-state index contributed by atoms with van der Waals surface area (Å²) >= 11 is 0. The van der Waals surface area contributed by atoms with Gasteiger partial charge in [0.15, 0.2) is 0 Å². The molecule has 0 amide bonds. The van der Waals surface area contributed by atoms with Crippen LogP contribution >= 0.6 is 8.89 Å². The van der Waals surface area contributed by atoms with Crippen LogP contribution in [0, 0.1) is 0 Å². The van der Waals surface area contributed by atoms with Gasteiger partial charge in [0.25, 0.3) is 0 Å². The molecule has 0 aromatic heterocycles. The van der Waals surface area contributed by atoms with Crippen molar-refractivity contribution in [1.82, 2.24) is 0 Å². The monoisotopic (exact) mass is 118 g/mol. The van der Waals surface area contributed by atoms with Crippen molar-refractivity contribution in [3.63, 3.8) is 0 Å². The SMILES string of the molecule is [B]C(C)C(C)PF. The molecule has 3 heteroatoms. The third-order valence-electron chi connectivity index (χ3n) is 0.961. The van der Waals surface area contributed by atoms with Gasteiger partial charge >= 0.3 is 0 Å². The van der Waals surface area contributed by atoms with Crippen LogP contribution in [-0.4, -0.2) is 13.5 Å². The molecule has 0 aromatic rings. The molecule has 40 valence electrons. The fourth-order valence-electron chi connectivity index (χ4n) is 0.0994. The Morgan fingerprint density at radius 1 is 1.57 bits per heavy atom. The Bertz CT molecular complexity index is 49.0. The second-order valence-corrected chi connectivity index (χ2v) is 2.89. The van der Waals surface area contributed by atoms with E-state index in [-0.39, 0.29) is 11.5 Å². The van der Waals surface area contributed by atoms with Crippen LogP contribution in [0.25, 0.3) is 0 Å². The van der Waals surface area contributed by atoms with Gasteiger partial charge in [-0.2, -0.15) is 0 Å². The van der Waals surface area contributed by atoms with Gasteiger partial charge < -0.3 is 0 Å². The van der Waals surface area contributed by atoms with Crippen molar-refractivity contribution in [2.45, 2.75) is 25.3 Å². The predicted octanol–water partition coefficient (Wildman–Crippen LogP) is 1.91. The molecular formula is C4H9BFP. The minimum atomic E-state index is -0.513. The van der Waals surface area contributed by atoms with Crippen LogP contribution in [0.3, 0.4) is 0 Å². The zero-order valence-electron chi connectivity index (χ0n) is 4.61. The summed E-state index contributed by atoms with van der Waals surface area (Å²) in [6, 6.07) is 0. The summed E-state index contributed by atoms with van der Waals surface area (Å²) in [5.74, 6) is 0.00309. The second kappa shape index (κ2) is 3.43. The smallest absolute Gasteiger partial charge is 0.0705 e. The molecular weight excluding hydrogens is 109 g/mol. The highest BCUT2D eigenvalue weighted by atomic mass is 31.1. The standard InChI is InChI=1S/C4H9BFP/c1-3(5)4(2)7-6/h3-4,7H,1-2H3. The quantitative estimate of drug-likeness (QED) is 0.383. The van der Waals surface area contributed by atoms with Gasteiger partial charge in [-0.05, 0) is 5.66 Å². The van der Waals surface area contributed by atoms with E-state index in [1.165, 1.54) is 0 Å². The molecule has 0 rings (SSSR count). The van der Waals surface area contributed by atoms with Crippen molar-refractivity contribution in [3.05, 3.63) is 0 Å². The number of halogens is 1. The van der Waals surface area contributed by atoms with Gasteiger partial charge in [0.2, 0.25) is 0 Å². The van der Waals surface area contributed by atoms with Gasteiger partial charge in [-0.3, -0.25) is 0 Å². The maximum atomic E-state index is 11.6. The zero-order valence-corrected chi connectivity index (χ0v) is 5.61. The zero-order chi connectivity index (χ0) is 5.86. The van der Waals surface area contributed by atoms with Crippen molar-refractivity contribution >= 4 is 16.7 Å². The Labute approximate surface area is 47.2 Å². The lowest BCUT2D eigenvalue weighted by atomic mass is 9.87. The van der Waals surface area contributed by atoms with Gasteiger partial charge in [0.05, 0.1) is 16.7 Å². The molecule has 0 saturated heterocycles. The van der Waals surface area contributed by atoms with Gasteiger partial charge in [0.1, 0.15) is 0 Å². The summed E-state index contributed by atoms with van der Waals surface area (Å²) in [5, 5.41) is 0. The van der Waals surface area contributed by atoms with E-state index >= 15 is 0 Å². The van der Waals surface area contributed by atoms with Crippen LogP contribution in [-0.2, 0) is 0 Å². The predicted molar refractivity (Wildman–Crippen MR) is 34.1 cm³/mol. The van der Waals surface area contributed by atoms with Gasteiger partial charge in [-0.15, -0.1) is 0 Å². The maximum Gasteiger partial charge on any atom is 0.0705 e. The summed E-state index contributed by atoms with van der Waals surface area (Å²) in [7, 11) is 4.80. The lowest BCUT2D eigenvalue weighted by Crippen LogP contribution is -1.99. The molecule has 0 bridgehead atoms. The summed E-state index contributed by atoms with van der Waals surface area (Å²) in [6.45, 7) is 3.63. The van der Waals surface area contributed by atoms with Crippen LogP contribution in [0.4, 0.5) is 4.20 Å². The molecule has 0 heterocycles. The third kappa shape index (κ3) is 3.05. The number of hydrogen-bond acceptors (Lipinski definition) is 0. The Hall–Kier alpha value is 0.425. The normalized spacial score (nSPS) is 20.4. The van der Waals surface area contributed by atoms with Crippen molar-refractivity contribution < 1.29 is 4.20 Å². The van der Waals surface area contributed by atoms with E-state index in [0.717, 1.165) is 0 Å². The summed E-state index contributed by atoms with van der Waals surface area (Å²) in [4.78, 5) is 0. The van der Waals surface area contributed by atoms with Crippen LogP contribution < -0.4 is 0 Å². The molecule has 3 unspecified atom stereocenters. The van der Waals surface area contributed by atoms with Crippen LogP contribution in [0.5, 0.6) is 0 Å². The van der Waals surface area contributed by atoms with Crippen molar-refractivity contribution in [2.75, 3.05) is 0 Å². The van der Waals surface area contributed by atoms with Crippen LogP contribution in [0.15, 0.2) is 0 Å². The maximum absolute atomic E-state index is 11.6. The lowest BCUT2D eigenvalue weighted by molar-refractivity contribution is 0.822. The fraction of sp³-hybridized carbons (Fsp3) is 1.00. The third-order valence-corrected chi connectivity index (χ3v) is 1.83. The second-order valence-electron chi connectivity index (χ2n) is 1.76. The van der Waals surface area contributed by atoms with E-state index in [4.69, 9.17) is 7.85 Å². The summed E-state index contributed by atoms with van der Waals surface area (Å²) < 4.78 is 11.6. The first-order chi connectivity index (χ1) is 3.18. The minimum absolute atomic E-state index is 0.00309. The molecule has 2 radical (unpaired) electrons. The van der Waals surface area contributed by atoms with Crippen LogP contribution in [0.2, 0.25) is 5.82 Å². The molecule has 0 aliphatic rings. The van der Waals surface area contributed by atoms with E-state index in [2.05, 4.69) is 0 Å². The van der Waals surface area contributed by atoms with Crippen molar-refractivity contribution in [1.29, 1.82) is 0 Å². The first-order valence-corrected chi connectivity index (χ1v) is 3.25. The van der Waals surface area contributed by atoms with Crippen molar-refractivity contribution in [2.24, 2.45) is 0 Å². The minimum Gasteiger partial charge on any atom is -0.230 e. The lowest BCUT2D eigenvalue weighted by Gasteiger charge is -2.08. The molecule has 0 aliphatic heterocycles. The molecule has 0 N–H and O–H groups in total. The van der Waals surface area contributed by atoms with E-state index in [1.807, 2.05) is 13.8 Å². The molecule has 0 spiro atoms. The molecule has 0 saturated carbocycles. The number of rotatable bonds is 2. The Kier molecular flexibility index (Phi) is 3.64. The van der Waals surface area contributed by atoms with E-state index < -0.39 is 8.89 Å². The first kappa shape index (κ1) is 7.42. The molecule has 7 heavy (non-hydrogen) atoms. The Balaban J connectivity index is 3.14. The average molecular weight is 118 g/mol. The first-order valence-electron chi connectivity index (χ1n) is 2.30. The molecule has 3 atom stereocenters. The van der Waals surface area contributed by atoms with E-state index in [9.17, 15) is 4.20 Å². The summed E-state index contributed by atoms with van der Waals surface area (Å²) in [5.41, 5.74) is 0.0417. The van der Waals surface area contributed by atoms with E-state index in [0.29, 0.717) is 0 Å². The highest BCUT2D eigenvalue weighted by Crippen LogP contribution is 2.27. The molecule has 0 aliphatic carbocycles. The van der Waals surface area contributed by atoms with Crippen LogP contribution in [0.1, 0.15) is 13.8 Å². The number of hydrogen-bond donors (Lipinski definition) is 0. The van der Waals surface area contributed by atoms with Crippen molar-refractivity contribution in [3.8, 4) is 0 Å². The fourth-order valence-corrected chi connectivity index (χ4v) is 0.298. The largest absolute Gasteiger partial charge is 0.230 e. The Morgan fingerprint density at radius 2 is 2.00 bits per heavy atom. The van der Waals surface area contributed by atoms with Gasteiger partial charge in [0, 0.05) is 0 Å². The topological polar surface area (TPSA) is 0 Å².